The number of hydrogen-bond donors (Lipinski definition) is 2. The molecule has 0 saturated heterocycles. The van der Waals surface area contributed by atoms with Crippen molar-refractivity contribution < 1.29 is 9.59 Å². The van der Waals surface area contributed by atoms with Gasteiger partial charge in [-0.05, 0) is 38.5 Å². The average molecular weight is 312 g/mol. The summed E-state index contributed by atoms with van der Waals surface area (Å²) in [5.74, 6) is -0.736. The van der Waals surface area contributed by atoms with Crippen molar-refractivity contribution in [2.45, 2.75) is 27.3 Å². The lowest BCUT2D eigenvalue weighted by Gasteiger charge is -2.06. The number of nitrogens with one attached hydrogen (secondary N) is 2. The molecular formula is C17H20N4O2. The van der Waals surface area contributed by atoms with Crippen LogP contribution in [0.15, 0.2) is 36.4 Å². The van der Waals surface area contributed by atoms with Crippen LogP contribution in [0.1, 0.15) is 22.5 Å². The summed E-state index contributed by atoms with van der Waals surface area (Å²) >= 11 is 0. The van der Waals surface area contributed by atoms with E-state index in [0.29, 0.717) is 0 Å². The number of hydrogen-bond acceptors (Lipinski definition) is 3. The number of carbonyl (C=O) groups is 2. The molecule has 0 unspecified atom stereocenters. The number of hydrazine groups is 1. The fraction of sp³-hybridized carbons (Fsp3) is 0.235. The van der Waals surface area contributed by atoms with Crippen LogP contribution in [0.5, 0.6) is 0 Å². The van der Waals surface area contributed by atoms with Gasteiger partial charge in [-0.15, -0.1) is 0 Å². The fourth-order valence-electron chi connectivity index (χ4n) is 2.03. The lowest BCUT2D eigenvalue weighted by molar-refractivity contribution is -0.127. The largest absolute Gasteiger partial charge is 0.271 e. The van der Waals surface area contributed by atoms with E-state index in [1.165, 1.54) is 6.08 Å². The lowest BCUT2D eigenvalue weighted by atomic mass is 10.1. The van der Waals surface area contributed by atoms with Gasteiger partial charge in [-0.2, -0.15) is 5.10 Å². The molecule has 2 N–H and O–H groups in total. The predicted octanol–water partition coefficient (Wildman–Crippen LogP) is 1.67. The van der Waals surface area contributed by atoms with Crippen molar-refractivity contribution in [3.8, 4) is 0 Å². The van der Waals surface area contributed by atoms with E-state index in [4.69, 9.17) is 0 Å². The number of benzene rings is 1. The van der Waals surface area contributed by atoms with Crippen LogP contribution >= 0.6 is 0 Å². The Bertz CT molecular complexity index is 730. The predicted molar refractivity (Wildman–Crippen MR) is 88.2 cm³/mol. The Balaban J connectivity index is 1.80. The average Bonchev–Trinajstić information content (AvgIpc) is 2.82. The topological polar surface area (TPSA) is 76.0 Å². The summed E-state index contributed by atoms with van der Waals surface area (Å²) in [6.45, 7) is 5.79. The first-order chi connectivity index (χ1) is 10.9. The molecule has 1 aromatic heterocycles. The van der Waals surface area contributed by atoms with Crippen LogP contribution in [-0.4, -0.2) is 21.6 Å². The molecule has 0 radical (unpaired) electrons. The van der Waals surface area contributed by atoms with E-state index in [0.717, 1.165) is 22.5 Å². The van der Waals surface area contributed by atoms with Crippen LogP contribution in [0.3, 0.4) is 0 Å². The van der Waals surface area contributed by atoms with Gasteiger partial charge in [0.1, 0.15) is 6.54 Å². The minimum atomic E-state index is -0.396. The van der Waals surface area contributed by atoms with Gasteiger partial charge >= 0.3 is 0 Å². The van der Waals surface area contributed by atoms with E-state index < -0.39 is 5.91 Å². The molecule has 0 fully saturated rings. The van der Waals surface area contributed by atoms with Gasteiger partial charge in [0, 0.05) is 11.8 Å². The van der Waals surface area contributed by atoms with Crippen molar-refractivity contribution in [2.75, 3.05) is 0 Å². The number of carbonyl (C=O) groups excluding carboxylic acids is 2. The third kappa shape index (κ3) is 5.10. The highest BCUT2D eigenvalue weighted by molar-refractivity contribution is 5.93. The highest BCUT2D eigenvalue weighted by Crippen LogP contribution is 2.04. The Kier molecular flexibility index (Phi) is 5.30. The van der Waals surface area contributed by atoms with Gasteiger partial charge in [-0.1, -0.05) is 29.8 Å². The summed E-state index contributed by atoms with van der Waals surface area (Å²) in [7, 11) is 0. The van der Waals surface area contributed by atoms with Crippen LogP contribution in [0, 0.1) is 20.8 Å². The Morgan fingerprint density at radius 2 is 1.83 bits per heavy atom. The van der Waals surface area contributed by atoms with Crippen LogP contribution in [0.4, 0.5) is 0 Å². The Hall–Kier alpha value is -2.89. The minimum Gasteiger partial charge on any atom is -0.271 e. The molecule has 0 aliphatic heterocycles. The third-order valence-corrected chi connectivity index (χ3v) is 3.23. The molecule has 0 bridgehead atoms. The van der Waals surface area contributed by atoms with Crippen molar-refractivity contribution in [3.63, 3.8) is 0 Å². The van der Waals surface area contributed by atoms with E-state index in [9.17, 15) is 9.59 Å². The fourth-order valence-corrected chi connectivity index (χ4v) is 2.03. The molecule has 120 valence electrons. The summed E-state index contributed by atoms with van der Waals surface area (Å²) in [6.07, 6.45) is 3.05. The highest BCUT2D eigenvalue weighted by atomic mass is 16.2. The zero-order chi connectivity index (χ0) is 16.8. The van der Waals surface area contributed by atoms with Crippen molar-refractivity contribution in [3.05, 3.63) is 58.9 Å². The molecule has 0 spiro atoms. The van der Waals surface area contributed by atoms with Crippen LogP contribution in [0.25, 0.3) is 6.08 Å². The maximum absolute atomic E-state index is 11.8. The van der Waals surface area contributed by atoms with Gasteiger partial charge in [0.05, 0.1) is 5.69 Å². The summed E-state index contributed by atoms with van der Waals surface area (Å²) in [5.41, 5.74) is 8.52. The first-order valence-corrected chi connectivity index (χ1v) is 7.28. The summed E-state index contributed by atoms with van der Waals surface area (Å²) in [4.78, 5) is 23.5. The molecule has 0 aliphatic carbocycles. The zero-order valence-corrected chi connectivity index (χ0v) is 13.5. The van der Waals surface area contributed by atoms with Gasteiger partial charge in [0.2, 0.25) is 0 Å². The van der Waals surface area contributed by atoms with Crippen molar-refractivity contribution in [2.24, 2.45) is 0 Å². The second kappa shape index (κ2) is 7.40. The van der Waals surface area contributed by atoms with Gasteiger partial charge in [-0.25, -0.2) is 0 Å². The standard InChI is InChI=1S/C17H20N4O2/c1-12-4-6-15(7-5-12)8-9-16(22)18-19-17(23)11-21-14(3)10-13(2)20-21/h4-10H,11H2,1-3H3,(H,18,22)(H,19,23)/b9-8+. The lowest BCUT2D eigenvalue weighted by Crippen LogP contribution is -2.42. The van der Waals surface area contributed by atoms with Crippen molar-refractivity contribution in [1.29, 1.82) is 0 Å². The molecule has 0 atom stereocenters. The van der Waals surface area contributed by atoms with Crippen LogP contribution in [-0.2, 0) is 16.1 Å². The molecular weight excluding hydrogens is 292 g/mol. The third-order valence-electron chi connectivity index (χ3n) is 3.23. The molecule has 2 amide bonds. The molecule has 6 nitrogen and oxygen atoms in total. The SMILES string of the molecule is Cc1ccc(/C=C/C(=O)NNC(=O)Cn2nc(C)cc2C)cc1. The van der Waals surface area contributed by atoms with Gasteiger partial charge in [0.25, 0.3) is 11.8 Å². The Morgan fingerprint density at radius 3 is 2.43 bits per heavy atom. The van der Waals surface area contributed by atoms with E-state index in [-0.39, 0.29) is 12.5 Å². The maximum atomic E-state index is 11.8. The molecule has 1 aromatic carbocycles. The van der Waals surface area contributed by atoms with Gasteiger partial charge < -0.3 is 0 Å². The number of aryl methyl sites for hydroxylation is 3. The Labute approximate surface area is 135 Å². The summed E-state index contributed by atoms with van der Waals surface area (Å²) in [5, 5.41) is 4.19. The highest BCUT2D eigenvalue weighted by Gasteiger charge is 2.07. The monoisotopic (exact) mass is 312 g/mol. The molecule has 0 aliphatic rings. The van der Waals surface area contributed by atoms with Crippen molar-refractivity contribution in [1.82, 2.24) is 20.6 Å². The van der Waals surface area contributed by atoms with Crippen molar-refractivity contribution >= 4 is 17.9 Å². The van der Waals surface area contributed by atoms with Crippen LogP contribution < -0.4 is 10.9 Å². The van der Waals surface area contributed by atoms with E-state index in [1.807, 2.05) is 51.1 Å². The Morgan fingerprint density at radius 1 is 1.13 bits per heavy atom. The molecule has 1 heterocycles. The number of nitrogens with zero attached hydrogens (tertiary/aromatic N) is 2. The van der Waals surface area contributed by atoms with Crippen LogP contribution in [0.2, 0.25) is 0 Å². The van der Waals surface area contributed by atoms with E-state index >= 15 is 0 Å². The smallest absolute Gasteiger partial charge is 0.262 e. The molecule has 6 heteroatoms. The first kappa shape index (κ1) is 16.5. The maximum Gasteiger partial charge on any atom is 0.262 e. The number of aromatic nitrogens is 2. The first-order valence-electron chi connectivity index (χ1n) is 7.28. The van der Waals surface area contributed by atoms with E-state index in [2.05, 4.69) is 16.0 Å². The quantitative estimate of drug-likeness (QED) is 0.666. The van der Waals surface area contributed by atoms with Gasteiger partial charge in [-0.3, -0.25) is 25.1 Å². The second-order valence-corrected chi connectivity index (χ2v) is 5.37. The molecule has 2 rings (SSSR count). The number of rotatable bonds is 4. The normalized spacial score (nSPS) is 10.7. The van der Waals surface area contributed by atoms with E-state index in [1.54, 1.807) is 10.8 Å². The molecule has 2 aromatic rings. The zero-order valence-electron chi connectivity index (χ0n) is 13.5. The summed E-state index contributed by atoms with van der Waals surface area (Å²) in [6, 6.07) is 9.65. The second-order valence-electron chi connectivity index (χ2n) is 5.37. The minimum absolute atomic E-state index is 0.0572. The van der Waals surface area contributed by atoms with Gasteiger partial charge in [0.15, 0.2) is 0 Å². The number of amides is 2. The molecule has 0 saturated carbocycles. The molecule has 23 heavy (non-hydrogen) atoms. The summed E-state index contributed by atoms with van der Waals surface area (Å²) < 4.78 is 1.58.